The van der Waals surface area contributed by atoms with Crippen LogP contribution in [-0.4, -0.2) is 35.3 Å². The summed E-state index contributed by atoms with van der Waals surface area (Å²) >= 11 is 1.82. The monoisotopic (exact) mass is 212 g/mol. The second-order valence-corrected chi connectivity index (χ2v) is 4.14. The molecule has 1 heterocycles. The van der Waals surface area contributed by atoms with Gasteiger partial charge in [-0.1, -0.05) is 0 Å². The zero-order valence-corrected chi connectivity index (χ0v) is 9.58. The highest BCUT2D eigenvalue weighted by atomic mass is 32.2. The van der Waals surface area contributed by atoms with E-state index in [4.69, 9.17) is 5.73 Å². The van der Waals surface area contributed by atoms with Crippen LogP contribution < -0.4 is 10.6 Å². The lowest BCUT2D eigenvalue weighted by atomic mass is 10.3. The van der Waals surface area contributed by atoms with Gasteiger partial charge < -0.3 is 10.6 Å². The fraction of sp³-hybridized carbons (Fsp3) is 0.556. The topological polar surface area (TPSA) is 55.0 Å². The first-order chi connectivity index (χ1) is 6.65. The minimum Gasteiger partial charge on any atom is -0.382 e. The van der Waals surface area contributed by atoms with E-state index in [1.54, 1.807) is 6.07 Å². The molecular weight excluding hydrogens is 196 g/mol. The Bertz CT molecular complexity index is 275. The van der Waals surface area contributed by atoms with E-state index in [9.17, 15) is 0 Å². The number of nitrogens with two attached hydrogens (primary N) is 1. The Morgan fingerprint density at radius 3 is 2.71 bits per heavy atom. The van der Waals surface area contributed by atoms with E-state index in [0.29, 0.717) is 11.9 Å². The van der Waals surface area contributed by atoms with Gasteiger partial charge in [-0.05, 0) is 25.3 Å². The van der Waals surface area contributed by atoms with Crippen LogP contribution in [0, 0.1) is 0 Å². The average Bonchev–Trinajstić information content (AvgIpc) is 2.18. The van der Waals surface area contributed by atoms with E-state index in [2.05, 4.69) is 28.3 Å². The van der Waals surface area contributed by atoms with Gasteiger partial charge in [0, 0.05) is 18.8 Å². The first-order valence-electron chi connectivity index (χ1n) is 4.46. The fourth-order valence-corrected chi connectivity index (χ4v) is 1.81. The first-order valence-corrected chi connectivity index (χ1v) is 5.85. The summed E-state index contributed by atoms with van der Waals surface area (Å²) in [5.41, 5.74) is 5.47. The minimum absolute atomic E-state index is 0.447. The number of hydrogen-bond donors (Lipinski definition) is 1. The molecule has 1 aromatic heterocycles. The summed E-state index contributed by atoms with van der Waals surface area (Å²) in [5, 5.41) is 7.85. The van der Waals surface area contributed by atoms with Gasteiger partial charge in [-0.25, -0.2) is 0 Å². The normalized spacial score (nSPS) is 12.5. The van der Waals surface area contributed by atoms with Crippen molar-refractivity contribution in [3.8, 4) is 0 Å². The summed E-state index contributed by atoms with van der Waals surface area (Å²) in [6.07, 6.45) is 2.10. The summed E-state index contributed by atoms with van der Waals surface area (Å²) < 4.78 is 0. The number of rotatable bonds is 4. The Kier molecular flexibility index (Phi) is 4.00. The van der Waals surface area contributed by atoms with Crippen molar-refractivity contribution in [3.63, 3.8) is 0 Å². The van der Waals surface area contributed by atoms with Crippen LogP contribution in [0.5, 0.6) is 0 Å². The minimum atomic E-state index is 0.447. The van der Waals surface area contributed by atoms with Crippen molar-refractivity contribution in [1.82, 2.24) is 10.2 Å². The highest BCUT2D eigenvalue weighted by molar-refractivity contribution is 7.98. The smallest absolute Gasteiger partial charge is 0.151 e. The number of anilines is 2. The third-order valence-corrected chi connectivity index (χ3v) is 2.92. The predicted molar refractivity (Wildman–Crippen MR) is 62.7 cm³/mol. The van der Waals surface area contributed by atoms with Gasteiger partial charge in [0.15, 0.2) is 5.82 Å². The fourth-order valence-electron chi connectivity index (χ4n) is 1.10. The largest absolute Gasteiger partial charge is 0.382 e. The number of aromatic nitrogens is 2. The molecule has 0 aliphatic carbocycles. The zero-order valence-electron chi connectivity index (χ0n) is 8.77. The molecule has 0 aliphatic heterocycles. The molecule has 0 radical (unpaired) electrons. The highest BCUT2D eigenvalue weighted by Gasteiger charge is 2.10. The number of thioether (sulfide) groups is 1. The molecule has 0 aromatic carbocycles. The van der Waals surface area contributed by atoms with Crippen molar-refractivity contribution < 1.29 is 0 Å². The first kappa shape index (κ1) is 11.1. The molecule has 1 atom stereocenters. The van der Waals surface area contributed by atoms with E-state index >= 15 is 0 Å². The molecule has 14 heavy (non-hydrogen) atoms. The SMILES string of the molecule is CSCC(C)N(C)c1ccc(N)nn1. The van der Waals surface area contributed by atoms with Gasteiger partial charge >= 0.3 is 0 Å². The predicted octanol–water partition coefficient (Wildman–Crippen LogP) is 1.25. The molecule has 0 saturated carbocycles. The van der Waals surface area contributed by atoms with Crippen LogP contribution in [0.25, 0.3) is 0 Å². The number of hydrogen-bond acceptors (Lipinski definition) is 5. The van der Waals surface area contributed by atoms with E-state index in [1.807, 2.05) is 24.9 Å². The van der Waals surface area contributed by atoms with Gasteiger partial charge in [0.05, 0.1) is 0 Å². The Labute approximate surface area is 88.9 Å². The average molecular weight is 212 g/mol. The molecule has 0 aliphatic rings. The van der Waals surface area contributed by atoms with E-state index in [0.717, 1.165) is 11.6 Å². The quantitative estimate of drug-likeness (QED) is 0.814. The summed E-state index contributed by atoms with van der Waals surface area (Å²) in [5.74, 6) is 2.39. The Balaban J connectivity index is 2.68. The zero-order chi connectivity index (χ0) is 10.6. The molecule has 0 fully saturated rings. The molecule has 2 N–H and O–H groups in total. The molecule has 1 unspecified atom stereocenters. The summed E-state index contributed by atoms with van der Waals surface area (Å²) in [4.78, 5) is 2.10. The van der Waals surface area contributed by atoms with Crippen molar-refractivity contribution in [1.29, 1.82) is 0 Å². The van der Waals surface area contributed by atoms with Crippen LogP contribution in [0.4, 0.5) is 11.6 Å². The van der Waals surface area contributed by atoms with Crippen LogP contribution in [-0.2, 0) is 0 Å². The third kappa shape index (κ3) is 2.77. The standard InChI is InChI=1S/C9H16N4S/c1-7(6-14-3)13(2)9-5-4-8(10)11-12-9/h4-5,7H,6H2,1-3H3,(H2,10,11). The lowest BCUT2D eigenvalue weighted by Gasteiger charge is -2.24. The van der Waals surface area contributed by atoms with Gasteiger partial charge in [-0.2, -0.15) is 11.8 Å². The molecule has 78 valence electrons. The van der Waals surface area contributed by atoms with Crippen LogP contribution in [0.3, 0.4) is 0 Å². The molecule has 0 spiro atoms. The van der Waals surface area contributed by atoms with Gasteiger partial charge in [0.1, 0.15) is 5.82 Å². The lowest BCUT2D eigenvalue weighted by molar-refractivity contribution is 0.744. The molecule has 4 nitrogen and oxygen atoms in total. The molecule has 0 bridgehead atoms. The van der Waals surface area contributed by atoms with Crippen molar-refractivity contribution in [3.05, 3.63) is 12.1 Å². The maximum Gasteiger partial charge on any atom is 0.151 e. The second-order valence-electron chi connectivity index (χ2n) is 3.23. The van der Waals surface area contributed by atoms with Gasteiger partial charge in [0.25, 0.3) is 0 Å². The molecule has 0 saturated heterocycles. The Morgan fingerprint density at radius 1 is 1.50 bits per heavy atom. The van der Waals surface area contributed by atoms with Crippen LogP contribution in [0.1, 0.15) is 6.92 Å². The second kappa shape index (κ2) is 5.05. The van der Waals surface area contributed by atoms with Crippen molar-refractivity contribution in [2.24, 2.45) is 0 Å². The number of nitrogen functional groups attached to an aromatic ring is 1. The summed E-state index contributed by atoms with van der Waals surface area (Å²) in [7, 11) is 2.01. The van der Waals surface area contributed by atoms with Gasteiger partial charge in [-0.15, -0.1) is 10.2 Å². The van der Waals surface area contributed by atoms with E-state index in [1.165, 1.54) is 0 Å². The maximum absolute atomic E-state index is 5.47. The van der Waals surface area contributed by atoms with Crippen LogP contribution in [0.2, 0.25) is 0 Å². The summed E-state index contributed by atoms with van der Waals surface area (Å²) in [6.45, 7) is 2.16. The maximum atomic E-state index is 5.47. The molecule has 5 heteroatoms. The third-order valence-electron chi connectivity index (χ3n) is 2.10. The molecule has 1 rings (SSSR count). The lowest BCUT2D eigenvalue weighted by Crippen LogP contribution is -2.31. The van der Waals surface area contributed by atoms with Gasteiger partial charge in [-0.3, -0.25) is 0 Å². The van der Waals surface area contributed by atoms with E-state index < -0.39 is 0 Å². The highest BCUT2D eigenvalue weighted by Crippen LogP contribution is 2.13. The van der Waals surface area contributed by atoms with Gasteiger partial charge in [0.2, 0.25) is 0 Å². The Morgan fingerprint density at radius 2 is 2.21 bits per heavy atom. The molecular formula is C9H16N4S. The van der Waals surface area contributed by atoms with Crippen molar-refractivity contribution in [2.75, 3.05) is 29.7 Å². The number of nitrogens with zero attached hydrogens (tertiary/aromatic N) is 3. The van der Waals surface area contributed by atoms with Crippen LogP contribution >= 0.6 is 11.8 Å². The van der Waals surface area contributed by atoms with Crippen molar-refractivity contribution in [2.45, 2.75) is 13.0 Å². The van der Waals surface area contributed by atoms with Crippen molar-refractivity contribution >= 4 is 23.4 Å². The molecule has 0 amide bonds. The Hall–Kier alpha value is -0.970. The van der Waals surface area contributed by atoms with Crippen LogP contribution in [0.15, 0.2) is 12.1 Å². The summed E-state index contributed by atoms with van der Waals surface area (Å²) in [6, 6.07) is 4.10. The van der Waals surface area contributed by atoms with E-state index in [-0.39, 0.29) is 0 Å². The molecule has 1 aromatic rings.